The van der Waals surface area contributed by atoms with Crippen LogP contribution in [0.15, 0.2) is 24.3 Å². The van der Waals surface area contributed by atoms with E-state index < -0.39 is 24.1 Å². The van der Waals surface area contributed by atoms with E-state index in [2.05, 4.69) is 0 Å². The van der Waals surface area contributed by atoms with Crippen LogP contribution in [-0.2, 0) is 5.60 Å². The van der Waals surface area contributed by atoms with Gasteiger partial charge in [0, 0.05) is 5.56 Å². The van der Waals surface area contributed by atoms with Crippen molar-refractivity contribution in [1.29, 1.82) is 0 Å². The molecule has 20 heavy (non-hydrogen) atoms. The molecule has 0 fully saturated rings. The minimum atomic E-state index is -5.71. The summed E-state index contributed by atoms with van der Waals surface area (Å²) in [5.41, 5.74) is -2.48. The van der Waals surface area contributed by atoms with Gasteiger partial charge in [0.1, 0.15) is 5.75 Å². The van der Waals surface area contributed by atoms with Crippen molar-refractivity contribution in [2.24, 2.45) is 0 Å². The number of halogens is 5. The number of hydrogen-bond acceptors (Lipinski definition) is 2. The van der Waals surface area contributed by atoms with Gasteiger partial charge in [0.15, 0.2) is 0 Å². The van der Waals surface area contributed by atoms with Crippen LogP contribution in [0.2, 0.25) is 0 Å². The van der Waals surface area contributed by atoms with E-state index >= 15 is 0 Å². The Bertz CT molecular complexity index is 454. The fraction of sp³-hybridized carbons (Fsp3) is 0.538. The van der Waals surface area contributed by atoms with Crippen molar-refractivity contribution in [3.8, 4) is 5.75 Å². The Morgan fingerprint density at radius 3 is 2.15 bits per heavy atom. The summed E-state index contributed by atoms with van der Waals surface area (Å²) >= 11 is 0. The first kappa shape index (κ1) is 16.7. The van der Waals surface area contributed by atoms with E-state index in [-0.39, 0.29) is 17.9 Å². The zero-order valence-corrected chi connectivity index (χ0v) is 11.0. The van der Waals surface area contributed by atoms with Gasteiger partial charge >= 0.3 is 12.1 Å². The summed E-state index contributed by atoms with van der Waals surface area (Å²) in [6, 6.07) is 5.63. The van der Waals surface area contributed by atoms with E-state index in [9.17, 15) is 27.1 Å². The van der Waals surface area contributed by atoms with Gasteiger partial charge in [-0.15, -0.1) is 0 Å². The molecule has 1 rings (SSSR count). The first-order chi connectivity index (χ1) is 9.01. The molecule has 2 nitrogen and oxygen atoms in total. The molecule has 7 heteroatoms. The normalized spacial score (nSPS) is 15.8. The van der Waals surface area contributed by atoms with Crippen LogP contribution in [0.3, 0.4) is 0 Å². The van der Waals surface area contributed by atoms with Crippen molar-refractivity contribution in [2.75, 3.05) is 6.61 Å². The Hall–Kier alpha value is -1.37. The zero-order valence-electron chi connectivity index (χ0n) is 11.0. The highest BCUT2D eigenvalue weighted by Gasteiger charge is 2.60. The van der Waals surface area contributed by atoms with Crippen molar-refractivity contribution in [3.63, 3.8) is 0 Å². The maximum Gasteiger partial charge on any atom is 0.453 e. The summed E-state index contributed by atoms with van der Waals surface area (Å²) in [6.45, 7) is 2.74. The zero-order chi connectivity index (χ0) is 15.6. The summed E-state index contributed by atoms with van der Waals surface area (Å²) in [5, 5.41) is 10.0. The molecule has 0 bridgehead atoms. The molecule has 1 aromatic carbocycles. The predicted octanol–water partition coefficient (Wildman–Crippen LogP) is 3.88. The van der Waals surface area contributed by atoms with Crippen LogP contribution in [0.1, 0.15) is 25.8 Å². The van der Waals surface area contributed by atoms with Crippen LogP contribution in [0, 0.1) is 0 Å². The Balaban J connectivity index is 3.11. The van der Waals surface area contributed by atoms with Gasteiger partial charge in [0.2, 0.25) is 0 Å². The Morgan fingerprint density at radius 2 is 1.65 bits per heavy atom. The highest BCUT2D eigenvalue weighted by atomic mass is 19.4. The van der Waals surface area contributed by atoms with Crippen molar-refractivity contribution < 1.29 is 31.8 Å². The summed E-state index contributed by atoms with van der Waals surface area (Å²) in [7, 11) is 0. The Labute approximate surface area is 113 Å². The molecule has 1 atom stereocenters. The number of rotatable bonds is 5. The summed E-state index contributed by atoms with van der Waals surface area (Å²) < 4.78 is 68.1. The van der Waals surface area contributed by atoms with Crippen molar-refractivity contribution in [2.45, 2.75) is 38.0 Å². The van der Waals surface area contributed by atoms with Crippen LogP contribution in [0.4, 0.5) is 22.0 Å². The Kier molecular flexibility index (Phi) is 4.63. The van der Waals surface area contributed by atoms with E-state index in [1.165, 1.54) is 24.3 Å². The monoisotopic (exact) mass is 298 g/mol. The SMILES string of the molecule is CCOc1ccccc1C(C)(O)CC(F)(F)C(F)(F)F. The van der Waals surface area contributed by atoms with Crippen molar-refractivity contribution in [1.82, 2.24) is 0 Å². The average Bonchev–Trinajstić information content (AvgIpc) is 2.27. The number of alkyl halides is 5. The molecule has 0 aliphatic heterocycles. The smallest absolute Gasteiger partial charge is 0.453 e. The summed E-state index contributed by atoms with van der Waals surface area (Å²) in [6.07, 6.45) is -7.48. The van der Waals surface area contributed by atoms with Crippen molar-refractivity contribution >= 4 is 0 Å². The first-order valence-electron chi connectivity index (χ1n) is 5.90. The third-order valence-electron chi connectivity index (χ3n) is 2.75. The van der Waals surface area contributed by atoms with Gasteiger partial charge < -0.3 is 9.84 Å². The Morgan fingerprint density at radius 1 is 1.10 bits per heavy atom. The fourth-order valence-corrected chi connectivity index (χ4v) is 1.82. The molecule has 114 valence electrons. The van der Waals surface area contributed by atoms with Crippen LogP contribution in [0.25, 0.3) is 0 Å². The minimum Gasteiger partial charge on any atom is -0.493 e. The molecule has 1 N–H and O–H groups in total. The van der Waals surface area contributed by atoms with Gasteiger partial charge in [-0.2, -0.15) is 22.0 Å². The number of hydrogen-bond donors (Lipinski definition) is 1. The van der Waals surface area contributed by atoms with Gasteiger partial charge in [0.05, 0.1) is 18.6 Å². The van der Waals surface area contributed by atoms with Gasteiger partial charge in [-0.1, -0.05) is 18.2 Å². The van der Waals surface area contributed by atoms with Gasteiger partial charge in [0.25, 0.3) is 0 Å². The fourth-order valence-electron chi connectivity index (χ4n) is 1.82. The van der Waals surface area contributed by atoms with E-state index in [1.807, 2.05) is 0 Å². The molecule has 0 aliphatic carbocycles. The number of ether oxygens (including phenoxy) is 1. The maximum absolute atomic E-state index is 13.1. The lowest BCUT2D eigenvalue weighted by atomic mass is 9.88. The molecule has 0 aliphatic rings. The quantitative estimate of drug-likeness (QED) is 0.836. The molecular weight excluding hydrogens is 283 g/mol. The van der Waals surface area contributed by atoms with Crippen LogP contribution < -0.4 is 4.74 Å². The average molecular weight is 298 g/mol. The highest BCUT2D eigenvalue weighted by molar-refractivity contribution is 5.37. The van der Waals surface area contributed by atoms with Gasteiger partial charge in [-0.05, 0) is 19.9 Å². The molecule has 0 spiro atoms. The third kappa shape index (κ3) is 3.59. The molecule has 1 aromatic rings. The lowest BCUT2D eigenvalue weighted by molar-refractivity contribution is -0.297. The molecule has 0 heterocycles. The summed E-state index contributed by atoms with van der Waals surface area (Å²) in [5.74, 6) is -4.91. The molecule has 0 saturated heterocycles. The van der Waals surface area contributed by atoms with E-state index in [0.717, 1.165) is 6.92 Å². The van der Waals surface area contributed by atoms with Crippen molar-refractivity contribution in [3.05, 3.63) is 29.8 Å². The second kappa shape index (κ2) is 5.55. The largest absolute Gasteiger partial charge is 0.493 e. The number of aliphatic hydroxyl groups is 1. The van der Waals surface area contributed by atoms with Gasteiger partial charge in [-0.3, -0.25) is 0 Å². The third-order valence-corrected chi connectivity index (χ3v) is 2.75. The van der Waals surface area contributed by atoms with Crippen LogP contribution in [-0.4, -0.2) is 23.8 Å². The standard InChI is InChI=1S/C13H15F5O2/c1-3-20-10-7-5-4-6-9(10)11(2,19)8-12(14,15)13(16,17)18/h4-7,19H,3,8H2,1-2H3. The van der Waals surface area contributed by atoms with E-state index in [1.54, 1.807) is 6.92 Å². The lowest BCUT2D eigenvalue weighted by Crippen LogP contribution is -2.42. The molecule has 0 amide bonds. The second-order valence-corrected chi connectivity index (χ2v) is 4.58. The molecule has 1 unspecified atom stereocenters. The van der Waals surface area contributed by atoms with Crippen LogP contribution in [0.5, 0.6) is 5.75 Å². The maximum atomic E-state index is 13.1. The molecule has 0 aromatic heterocycles. The lowest BCUT2D eigenvalue weighted by Gasteiger charge is -2.31. The summed E-state index contributed by atoms with van der Waals surface area (Å²) in [4.78, 5) is 0. The highest BCUT2D eigenvalue weighted by Crippen LogP contribution is 2.45. The van der Waals surface area contributed by atoms with E-state index in [0.29, 0.717) is 0 Å². The van der Waals surface area contributed by atoms with Gasteiger partial charge in [-0.25, -0.2) is 0 Å². The first-order valence-corrected chi connectivity index (χ1v) is 5.90. The number of benzene rings is 1. The van der Waals surface area contributed by atoms with E-state index in [4.69, 9.17) is 4.74 Å². The number of para-hydroxylation sites is 1. The molecule has 0 radical (unpaired) electrons. The predicted molar refractivity (Wildman–Crippen MR) is 62.8 cm³/mol. The topological polar surface area (TPSA) is 29.5 Å². The molecular formula is C13H15F5O2. The van der Waals surface area contributed by atoms with Crippen LogP contribution >= 0.6 is 0 Å². The molecule has 0 saturated carbocycles. The minimum absolute atomic E-state index is 0.0815. The second-order valence-electron chi connectivity index (χ2n) is 4.58.